The molecule has 1 fully saturated rings. The number of aliphatic hydroxyl groups is 1. The molecular weight excluding hydrogens is 252 g/mol. The van der Waals surface area contributed by atoms with Crippen molar-refractivity contribution in [1.29, 1.82) is 0 Å². The lowest BCUT2D eigenvalue weighted by Crippen LogP contribution is -2.30. The third-order valence-electron chi connectivity index (χ3n) is 3.78. The normalized spacial score (nSPS) is 22.2. The van der Waals surface area contributed by atoms with E-state index < -0.39 is 0 Å². The molecule has 1 aliphatic rings. The van der Waals surface area contributed by atoms with Crippen LogP contribution in [0, 0.1) is 5.92 Å². The summed E-state index contributed by atoms with van der Waals surface area (Å²) in [5.74, 6) is 0.320. The van der Waals surface area contributed by atoms with Gasteiger partial charge in [-0.15, -0.1) is 0 Å². The van der Waals surface area contributed by atoms with Gasteiger partial charge in [-0.3, -0.25) is 0 Å². The monoisotopic (exact) mass is 272 g/mol. The number of hydrogen-bond donors (Lipinski definition) is 3. The summed E-state index contributed by atoms with van der Waals surface area (Å²) in [5, 5.41) is 16.3. The van der Waals surface area contributed by atoms with Crippen molar-refractivity contribution in [2.24, 2.45) is 5.92 Å². The number of hydrogen-bond acceptors (Lipinski definition) is 4. The highest BCUT2D eigenvalue weighted by molar-refractivity contribution is 5.34. The van der Waals surface area contributed by atoms with Gasteiger partial charge in [0.05, 0.1) is 12.4 Å². The molecule has 1 saturated heterocycles. The number of aliphatic hydroxyl groups excluding tert-OH is 1. The topological polar surface area (TPSA) is 62.1 Å². The zero-order valence-electron chi connectivity index (χ0n) is 11.4. The molecule has 0 spiro atoms. The highest BCUT2D eigenvalue weighted by atomic mass is 16.3. The molecule has 0 radical (unpaired) electrons. The van der Waals surface area contributed by atoms with Crippen molar-refractivity contribution in [3.63, 3.8) is 0 Å². The fourth-order valence-corrected chi connectivity index (χ4v) is 2.53. The molecule has 2 heterocycles. The Morgan fingerprint density at radius 1 is 1.30 bits per heavy atom. The summed E-state index contributed by atoms with van der Waals surface area (Å²) in [6.07, 6.45) is 5.28. The Balaban J connectivity index is 1.51. The van der Waals surface area contributed by atoms with Crippen LogP contribution in [0.4, 0.5) is 0 Å². The minimum atomic E-state index is -0.217. The maximum Gasteiger partial charge on any atom is 0.0991 e. The van der Waals surface area contributed by atoms with E-state index in [9.17, 15) is 5.11 Å². The van der Waals surface area contributed by atoms with Crippen LogP contribution in [0.15, 0.2) is 43.0 Å². The minimum absolute atomic E-state index is 0.217. The molecule has 3 N–H and O–H groups in total. The summed E-state index contributed by atoms with van der Waals surface area (Å²) in [6.45, 7) is 3.28. The Morgan fingerprint density at radius 3 is 2.80 bits per heavy atom. The van der Waals surface area contributed by atoms with E-state index in [1.54, 1.807) is 12.5 Å². The fourth-order valence-electron chi connectivity index (χ4n) is 2.53. The second kappa shape index (κ2) is 6.17. The predicted octanol–water partition coefficient (Wildman–Crippen LogP) is 0.542. The predicted molar refractivity (Wildman–Crippen MR) is 77.6 cm³/mol. The van der Waals surface area contributed by atoms with Crippen molar-refractivity contribution >= 4 is 0 Å². The van der Waals surface area contributed by atoms with Gasteiger partial charge >= 0.3 is 0 Å². The third kappa shape index (κ3) is 3.07. The van der Waals surface area contributed by atoms with Crippen molar-refractivity contribution in [2.75, 3.05) is 19.6 Å². The number of aromatic nitrogens is 2. The quantitative estimate of drug-likeness (QED) is 0.743. The second-order valence-corrected chi connectivity index (χ2v) is 5.25. The molecule has 1 aromatic carbocycles. The molecule has 20 heavy (non-hydrogen) atoms. The Labute approximate surface area is 118 Å². The van der Waals surface area contributed by atoms with Crippen LogP contribution in [0.2, 0.25) is 0 Å². The Kier molecular flexibility index (Phi) is 4.11. The van der Waals surface area contributed by atoms with E-state index in [4.69, 9.17) is 0 Å². The Hall–Kier alpha value is -1.69. The van der Waals surface area contributed by atoms with Crippen LogP contribution in [0.1, 0.15) is 5.56 Å². The number of nitrogens with one attached hydrogen (secondary N) is 2. The average molecular weight is 272 g/mol. The van der Waals surface area contributed by atoms with E-state index in [0.29, 0.717) is 12.5 Å². The Bertz CT molecular complexity index is 523. The van der Waals surface area contributed by atoms with Gasteiger partial charge in [-0.05, 0) is 17.7 Å². The van der Waals surface area contributed by atoms with Crippen LogP contribution in [0.25, 0.3) is 5.69 Å². The van der Waals surface area contributed by atoms with Crippen LogP contribution in [-0.2, 0) is 6.54 Å². The standard InChI is InChI=1S/C15H20N4O/c20-15-10-18-9-13(15)8-17-7-12-1-3-14(4-2-12)19-6-5-16-11-19/h1-6,11,13,15,17-18,20H,7-10H2. The molecule has 2 aromatic rings. The lowest BCUT2D eigenvalue weighted by atomic mass is 10.1. The third-order valence-corrected chi connectivity index (χ3v) is 3.78. The van der Waals surface area contributed by atoms with E-state index >= 15 is 0 Å². The zero-order chi connectivity index (χ0) is 13.8. The largest absolute Gasteiger partial charge is 0.391 e. The van der Waals surface area contributed by atoms with Crippen LogP contribution >= 0.6 is 0 Å². The fraction of sp³-hybridized carbons (Fsp3) is 0.400. The van der Waals surface area contributed by atoms with Gasteiger partial charge < -0.3 is 20.3 Å². The lowest BCUT2D eigenvalue weighted by Gasteiger charge is -2.14. The molecular formula is C15H20N4O. The highest BCUT2D eigenvalue weighted by Gasteiger charge is 2.23. The summed E-state index contributed by atoms with van der Waals surface area (Å²) >= 11 is 0. The minimum Gasteiger partial charge on any atom is -0.391 e. The summed E-state index contributed by atoms with van der Waals surface area (Å²) in [5.41, 5.74) is 2.36. The number of nitrogens with zero attached hydrogens (tertiary/aromatic N) is 2. The van der Waals surface area contributed by atoms with E-state index in [1.165, 1.54) is 5.56 Å². The molecule has 0 saturated carbocycles. The maximum absolute atomic E-state index is 9.72. The van der Waals surface area contributed by atoms with Gasteiger partial charge in [0.25, 0.3) is 0 Å². The van der Waals surface area contributed by atoms with Crippen LogP contribution < -0.4 is 10.6 Å². The molecule has 2 atom stereocenters. The molecule has 2 unspecified atom stereocenters. The summed E-state index contributed by atoms with van der Waals surface area (Å²) in [4.78, 5) is 4.04. The molecule has 1 aliphatic heterocycles. The maximum atomic E-state index is 9.72. The van der Waals surface area contributed by atoms with E-state index in [1.807, 2.05) is 10.8 Å². The van der Waals surface area contributed by atoms with Crippen molar-refractivity contribution in [3.05, 3.63) is 48.5 Å². The number of β-amino-alcohol motifs (C(OH)–C–C–N with tert-alkyl or cyclic N) is 1. The van der Waals surface area contributed by atoms with Crippen molar-refractivity contribution in [1.82, 2.24) is 20.2 Å². The number of benzene rings is 1. The van der Waals surface area contributed by atoms with Crippen molar-refractivity contribution < 1.29 is 5.11 Å². The van der Waals surface area contributed by atoms with Gasteiger partial charge in [0.1, 0.15) is 0 Å². The van der Waals surface area contributed by atoms with Crippen LogP contribution in [0.3, 0.4) is 0 Å². The number of rotatable bonds is 5. The molecule has 1 aromatic heterocycles. The van der Waals surface area contributed by atoms with Crippen molar-refractivity contribution in [3.8, 4) is 5.69 Å². The van der Waals surface area contributed by atoms with Gasteiger partial charge in [0.15, 0.2) is 0 Å². The lowest BCUT2D eigenvalue weighted by molar-refractivity contribution is 0.146. The molecule has 106 valence electrons. The molecule has 3 rings (SSSR count). The molecule has 5 heteroatoms. The van der Waals surface area contributed by atoms with Gasteiger partial charge in [-0.2, -0.15) is 0 Å². The molecule has 0 aliphatic carbocycles. The average Bonchev–Trinajstić information content (AvgIpc) is 3.12. The molecule has 5 nitrogen and oxygen atoms in total. The Morgan fingerprint density at radius 2 is 2.15 bits per heavy atom. The van der Waals surface area contributed by atoms with Gasteiger partial charge in [-0.1, -0.05) is 12.1 Å². The smallest absolute Gasteiger partial charge is 0.0991 e. The first kappa shape index (κ1) is 13.3. The first-order valence-corrected chi connectivity index (χ1v) is 7.00. The van der Waals surface area contributed by atoms with E-state index in [0.717, 1.165) is 25.3 Å². The van der Waals surface area contributed by atoms with Crippen molar-refractivity contribution in [2.45, 2.75) is 12.6 Å². The zero-order valence-corrected chi connectivity index (χ0v) is 11.4. The summed E-state index contributed by atoms with van der Waals surface area (Å²) in [7, 11) is 0. The van der Waals surface area contributed by atoms with Gasteiger partial charge in [-0.25, -0.2) is 4.98 Å². The van der Waals surface area contributed by atoms with Gasteiger partial charge in [0, 0.05) is 50.2 Å². The summed E-state index contributed by atoms with van der Waals surface area (Å²) < 4.78 is 1.98. The SMILES string of the molecule is OC1CNCC1CNCc1ccc(-n2ccnc2)cc1. The second-order valence-electron chi connectivity index (χ2n) is 5.25. The van der Waals surface area contributed by atoms with E-state index in [-0.39, 0.29) is 6.10 Å². The molecule has 0 amide bonds. The highest BCUT2D eigenvalue weighted by Crippen LogP contribution is 2.10. The first-order valence-electron chi connectivity index (χ1n) is 7.00. The van der Waals surface area contributed by atoms with Gasteiger partial charge in [0.2, 0.25) is 0 Å². The summed E-state index contributed by atoms with van der Waals surface area (Å²) in [6, 6.07) is 8.41. The van der Waals surface area contributed by atoms with E-state index in [2.05, 4.69) is 39.9 Å². The first-order chi connectivity index (χ1) is 9.83. The molecule has 0 bridgehead atoms. The van der Waals surface area contributed by atoms with Crippen LogP contribution in [-0.4, -0.2) is 40.4 Å². The van der Waals surface area contributed by atoms with Crippen LogP contribution in [0.5, 0.6) is 0 Å². The number of imidazole rings is 1.